The summed E-state index contributed by atoms with van der Waals surface area (Å²) in [5.74, 6) is 1.67. The van der Waals surface area contributed by atoms with Gasteiger partial charge in [0.05, 0.1) is 5.75 Å². The summed E-state index contributed by atoms with van der Waals surface area (Å²) in [6.45, 7) is 6.23. The predicted octanol–water partition coefficient (Wildman–Crippen LogP) is 2.61. The van der Waals surface area contributed by atoms with Crippen LogP contribution in [-0.2, 0) is 10.0 Å². The molecule has 102 valence electrons. The summed E-state index contributed by atoms with van der Waals surface area (Å²) in [5, 5.41) is 0. The molecule has 0 aliphatic heterocycles. The van der Waals surface area contributed by atoms with Gasteiger partial charge in [-0.3, -0.25) is 0 Å². The second kappa shape index (κ2) is 6.39. The minimum atomic E-state index is -3.18. The summed E-state index contributed by atoms with van der Waals surface area (Å²) in [7, 11) is -3.18. The zero-order valence-electron chi connectivity index (χ0n) is 10.9. The SMILES string of the molecule is CC1CCC(NS(=O)(=O)CC(C)CCl)C(C)C1. The van der Waals surface area contributed by atoms with Gasteiger partial charge in [-0.05, 0) is 37.0 Å². The average molecular weight is 282 g/mol. The van der Waals surface area contributed by atoms with Gasteiger partial charge < -0.3 is 0 Å². The van der Waals surface area contributed by atoms with Crippen LogP contribution in [0.2, 0.25) is 0 Å². The number of alkyl halides is 1. The lowest BCUT2D eigenvalue weighted by Gasteiger charge is -2.33. The van der Waals surface area contributed by atoms with E-state index in [-0.39, 0.29) is 17.7 Å². The maximum atomic E-state index is 11.9. The van der Waals surface area contributed by atoms with Crippen molar-refractivity contribution in [1.82, 2.24) is 4.72 Å². The van der Waals surface area contributed by atoms with Crippen LogP contribution in [0.1, 0.15) is 40.0 Å². The second-order valence-corrected chi connectivity index (χ2v) is 7.77. The molecule has 1 saturated carbocycles. The predicted molar refractivity (Wildman–Crippen MR) is 72.8 cm³/mol. The maximum absolute atomic E-state index is 11.9. The molecule has 3 nitrogen and oxygen atoms in total. The van der Waals surface area contributed by atoms with Crippen molar-refractivity contribution >= 4 is 21.6 Å². The van der Waals surface area contributed by atoms with E-state index in [1.165, 1.54) is 0 Å². The Kier molecular flexibility index (Phi) is 5.74. The highest BCUT2D eigenvalue weighted by molar-refractivity contribution is 7.89. The fourth-order valence-corrected chi connectivity index (χ4v) is 4.55. The molecule has 4 unspecified atom stereocenters. The zero-order chi connectivity index (χ0) is 13.1. The molecular weight excluding hydrogens is 258 g/mol. The van der Waals surface area contributed by atoms with Gasteiger partial charge in [0.1, 0.15) is 0 Å². The molecule has 5 heteroatoms. The molecule has 0 aromatic carbocycles. The molecule has 1 rings (SSSR count). The van der Waals surface area contributed by atoms with Crippen LogP contribution in [0.4, 0.5) is 0 Å². The van der Waals surface area contributed by atoms with E-state index >= 15 is 0 Å². The van der Waals surface area contributed by atoms with E-state index in [0.717, 1.165) is 19.3 Å². The van der Waals surface area contributed by atoms with Gasteiger partial charge in [-0.25, -0.2) is 13.1 Å². The molecule has 1 fully saturated rings. The van der Waals surface area contributed by atoms with Crippen molar-refractivity contribution in [2.45, 2.75) is 46.1 Å². The molecule has 1 aliphatic carbocycles. The monoisotopic (exact) mass is 281 g/mol. The van der Waals surface area contributed by atoms with Crippen molar-refractivity contribution in [3.8, 4) is 0 Å². The van der Waals surface area contributed by atoms with E-state index in [4.69, 9.17) is 11.6 Å². The summed E-state index contributed by atoms with van der Waals surface area (Å²) in [5.41, 5.74) is 0. The fourth-order valence-electron chi connectivity index (χ4n) is 2.54. The molecule has 1 aliphatic rings. The Bertz CT molecular complexity index is 331. The van der Waals surface area contributed by atoms with Crippen molar-refractivity contribution in [1.29, 1.82) is 0 Å². The number of hydrogen-bond donors (Lipinski definition) is 1. The number of rotatable bonds is 5. The highest BCUT2D eigenvalue weighted by Crippen LogP contribution is 2.29. The smallest absolute Gasteiger partial charge is 0.212 e. The molecule has 0 spiro atoms. The Morgan fingerprint density at radius 3 is 2.53 bits per heavy atom. The van der Waals surface area contributed by atoms with Gasteiger partial charge in [0.2, 0.25) is 10.0 Å². The Labute approximate surface area is 110 Å². The van der Waals surface area contributed by atoms with Gasteiger partial charge >= 0.3 is 0 Å². The quantitative estimate of drug-likeness (QED) is 0.788. The lowest BCUT2D eigenvalue weighted by molar-refractivity contribution is 0.249. The summed E-state index contributed by atoms with van der Waals surface area (Å²) in [6, 6.07) is 0.110. The van der Waals surface area contributed by atoms with Gasteiger partial charge in [-0.15, -0.1) is 11.6 Å². The topological polar surface area (TPSA) is 46.2 Å². The third-order valence-electron chi connectivity index (χ3n) is 3.53. The molecule has 0 aromatic heterocycles. The van der Waals surface area contributed by atoms with Gasteiger partial charge in [-0.1, -0.05) is 20.8 Å². The average Bonchev–Trinajstić information content (AvgIpc) is 2.21. The summed E-state index contributed by atoms with van der Waals surface area (Å²) in [4.78, 5) is 0. The molecule has 17 heavy (non-hydrogen) atoms. The molecule has 0 saturated heterocycles. The standard InChI is InChI=1S/C12H24ClNO2S/c1-9-4-5-12(11(3)6-9)14-17(15,16)8-10(2)7-13/h9-12,14H,4-8H2,1-3H3. The van der Waals surface area contributed by atoms with E-state index in [1.54, 1.807) is 0 Å². The van der Waals surface area contributed by atoms with Crippen LogP contribution < -0.4 is 4.72 Å². The van der Waals surface area contributed by atoms with Gasteiger partial charge in [0.15, 0.2) is 0 Å². The first kappa shape index (κ1) is 15.3. The highest BCUT2D eigenvalue weighted by Gasteiger charge is 2.29. The third kappa shape index (κ3) is 5.14. The zero-order valence-corrected chi connectivity index (χ0v) is 12.5. The molecule has 4 atom stereocenters. The largest absolute Gasteiger partial charge is 0.212 e. The van der Waals surface area contributed by atoms with Crippen LogP contribution in [-0.4, -0.2) is 26.1 Å². The van der Waals surface area contributed by atoms with Crippen LogP contribution >= 0.6 is 11.6 Å². The lowest BCUT2D eigenvalue weighted by Crippen LogP contribution is -2.44. The normalized spacial score (nSPS) is 32.4. The number of nitrogens with one attached hydrogen (secondary N) is 1. The number of sulfonamides is 1. The molecule has 0 aromatic rings. The third-order valence-corrected chi connectivity index (χ3v) is 5.73. The van der Waals surface area contributed by atoms with Crippen LogP contribution in [0.15, 0.2) is 0 Å². The van der Waals surface area contributed by atoms with Crippen LogP contribution in [0.3, 0.4) is 0 Å². The first-order valence-corrected chi connectivity index (χ1v) is 8.58. The summed E-state index contributed by atoms with van der Waals surface area (Å²) >= 11 is 5.66. The molecular formula is C12H24ClNO2S. The first-order valence-electron chi connectivity index (χ1n) is 6.40. The molecule has 1 N–H and O–H groups in total. The minimum absolute atomic E-state index is 0.00647. The Hall–Kier alpha value is 0.200. The highest BCUT2D eigenvalue weighted by atomic mass is 35.5. The number of hydrogen-bond acceptors (Lipinski definition) is 2. The van der Waals surface area contributed by atoms with E-state index in [9.17, 15) is 8.42 Å². The van der Waals surface area contributed by atoms with Crippen molar-refractivity contribution in [2.24, 2.45) is 17.8 Å². The summed E-state index contributed by atoms with van der Waals surface area (Å²) < 4.78 is 26.7. The second-order valence-electron chi connectivity index (χ2n) is 5.66. The lowest BCUT2D eigenvalue weighted by atomic mass is 9.80. The van der Waals surface area contributed by atoms with Crippen LogP contribution in [0.5, 0.6) is 0 Å². The van der Waals surface area contributed by atoms with E-state index < -0.39 is 10.0 Å². The minimum Gasteiger partial charge on any atom is -0.212 e. The van der Waals surface area contributed by atoms with Crippen LogP contribution in [0.25, 0.3) is 0 Å². The molecule has 0 heterocycles. The maximum Gasteiger partial charge on any atom is 0.212 e. The van der Waals surface area contributed by atoms with Crippen molar-refractivity contribution < 1.29 is 8.42 Å². The molecule has 0 radical (unpaired) electrons. The van der Waals surface area contributed by atoms with Crippen molar-refractivity contribution in [2.75, 3.05) is 11.6 Å². The summed E-state index contributed by atoms with van der Waals surface area (Å²) in [6.07, 6.45) is 3.18. The first-order chi connectivity index (χ1) is 7.84. The number of halogens is 1. The Balaban J connectivity index is 2.53. The Morgan fingerprint density at radius 1 is 1.35 bits per heavy atom. The van der Waals surface area contributed by atoms with Gasteiger partial charge in [0.25, 0.3) is 0 Å². The molecule has 0 amide bonds. The van der Waals surface area contributed by atoms with Crippen molar-refractivity contribution in [3.05, 3.63) is 0 Å². The van der Waals surface area contributed by atoms with Crippen molar-refractivity contribution in [3.63, 3.8) is 0 Å². The molecule has 0 bridgehead atoms. The fraction of sp³-hybridized carbons (Fsp3) is 1.00. The van der Waals surface area contributed by atoms with Gasteiger partial charge in [-0.2, -0.15) is 0 Å². The Morgan fingerprint density at radius 2 is 2.00 bits per heavy atom. The van der Waals surface area contributed by atoms with E-state index in [2.05, 4.69) is 18.6 Å². The van der Waals surface area contributed by atoms with Crippen LogP contribution in [0, 0.1) is 17.8 Å². The van der Waals surface area contributed by atoms with E-state index in [1.807, 2.05) is 6.92 Å². The van der Waals surface area contributed by atoms with E-state index in [0.29, 0.717) is 17.7 Å². The van der Waals surface area contributed by atoms with Gasteiger partial charge in [0, 0.05) is 11.9 Å².